The summed E-state index contributed by atoms with van der Waals surface area (Å²) in [6.07, 6.45) is 0.348. The number of hydrogen-bond donors (Lipinski definition) is 0. The second-order valence-corrected chi connectivity index (χ2v) is 5.99. The molecule has 1 fully saturated rings. The van der Waals surface area contributed by atoms with Gasteiger partial charge in [0.15, 0.2) is 0 Å². The lowest BCUT2D eigenvalue weighted by Crippen LogP contribution is -2.41. The summed E-state index contributed by atoms with van der Waals surface area (Å²) < 4.78 is 17.2. The Balaban J connectivity index is 2.19. The minimum Gasteiger partial charge on any atom is -0.427 e. The van der Waals surface area contributed by atoms with Crippen molar-refractivity contribution in [1.29, 1.82) is 0 Å². The van der Waals surface area contributed by atoms with E-state index in [2.05, 4.69) is 0 Å². The molecular weight excluding hydrogens is 255 g/mol. The van der Waals surface area contributed by atoms with E-state index in [-0.39, 0.29) is 17.2 Å². The maximum atomic E-state index is 11.3. The Morgan fingerprint density at radius 2 is 1.80 bits per heavy atom. The minimum atomic E-state index is -0.444. The van der Waals surface area contributed by atoms with Crippen molar-refractivity contribution >= 4 is 18.6 Å². The number of hydrogen-bond acceptors (Lipinski definition) is 4. The predicted octanol–water partition coefficient (Wildman–Crippen LogP) is 2.30. The van der Waals surface area contributed by atoms with Crippen molar-refractivity contribution in [3.8, 4) is 5.75 Å². The molecule has 108 valence electrons. The summed E-state index contributed by atoms with van der Waals surface area (Å²) in [4.78, 5) is 11.3. The lowest BCUT2D eigenvalue weighted by Gasteiger charge is -2.32. The normalized spacial score (nSPS) is 19.9. The zero-order valence-corrected chi connectivity index (χ0v) is 12.7. The molecule has 0 aliphatic carbocycles. The molecule has 0 unspecified atom stereocenters. The third-order valence-corrected chi connectivity index (χ3v) is 3.90. The molecule has 0 atom stereocenters. The van der Waals surface area contributed by atoms with Gasteiger partial charge in [0.05, 0.1) is 11.2 Å². The maximum absolute atomic E-state index is 11.3. The van der Waals surface area contributed by atoms with Gasteiger partial charge in [0.2, 0.25) is 0 Å². The molecule has 2 rings (SSSR count). The number of benzene rings is 1. The predicted molar refractivity (Wildman–Crippen MR) is 78.1 cm³/mol. The Morgan fingerprint density at radius 1 is 1.20 bits per heavy atom. The van der Waals surface area contributed by atoms with Crippen LogP contribution >= 0.6 is 0 Å². The highest BCUT2D eigenvalue weighted by atomic mass is 16.7. The molecule has 0 radical (unpaired) electrons. The number of esters is 1. The zero-order chi connectivity index (χ0) is 15.0. The van der Waals surface area contributed by atoms with Gasteiger partial charge in [0.25, 0.3) is 0 Å². The fourth-order valence-corrected chi connectivity index (χ4v) is 1.91. The Morgan fingerprint density at radius 3 is 2.35 bits per heavy atom. The number of carbonyl (C=O) groups is 1. The second-order valence-electron chi connectivity index (χ2n) is 5.99. The van der Waals surface area contributed by atoms with Gasteiger partial charge in [-0.2, -0.15) is 0 Å². The number of rotatable bonds is 3. The van der Waals surface area contributed by atoms with Crippen LogP contribution < -0.4 is 10.2 Å². The SMILES string of the molecule is CCC(=O)Oc1cccc(B2OC(C)(C)C(C)(C)O2)c1. The van der Waals surface area contributed by atoms with Crippen LogP contribution in [0.3, 0.4) is 0 Å². The molecule has 1 aromatic rings. The van der Waals surface area contributed by atoms with Crippen molar-refractivity contribution in [2.75, 3.05) is 0 Å². The van der Waals surface area contributed by atoms with Gasteiger partial charge in [-0.3, -0.25) is 4.79 Å². The second kappa shape index (κ2) is 5.22. The van der Waals surface area contributed by atoms with Crippen molar-refractivity contribution in [3.05, 3.63) is 24.3 Å². The van der Waals surface area contributed by atoms with Gasteiger partial charge in [0, 0.05) is 6.42 Å². The molecule has 1 heterocycles. The van der Waals surface area contributed by atoms with Crippen molar-refractivity contribution < 1.29 is 18.8 Å². The van der Waals surface area contributed by atoms with E-state index >= 15 is 0 Å². The average Bonchev–Trinajstić information content (AvgIpc) is 2.59. The Bertz CT molecular complexity index is 494. The van der Waals surface area contributed by atoms with Crippen LogP contribution in [0.5, 0.6) is 5.75 Å². The summed E-state index contributed by atoms with van der Waals surface area (Å²) in [5.74, 6) is 0.264. The Hall–Kier alpha value is -1.33. The van der Waals surface area contributed by atoms with Crippen LogP contribution in [-0.4, -0.2) is 24.3 Å². The highest BCUT2D eigenvalue weighted by Crippen LogP contribution is 2.36. The fourth-order valence-electron chi connectivity index (χ4n) is 1.91. The lowest BCUT2D eigenvalue weighted by atomic mass is 9.79. The van der Waals surface area contributed by atoms with E-state index in [1.807, 2.05) is 39.8 Å². The highest BCUT2D eigenvalue weighted by molar-refractivity contribution is 6.62. The van der Waals surface area contributed by atoms with E-state index in [0.717, 1.165) is 5.46 Å². The lowest BCUT2D eigenvalue weighted by molar-refractivity contribution is -0.134. The molecule has 0 amide bonds. The molecule has 1 aliphatic rings. The van der Waals surface area contributed by atoms with Crippen molar-refractivity contribution in [2.45, 2.75) is 52.2 Å². The van der Waals surface area contributed by atoms with Crippen molar-refractivity contribution in [2.24, 2.45) is 0 Å². The van der Waals surface area contributed by atoms with Gasteiger partial charge in [-0.05, 0) is 45.3 Å². The van der Waals surface area contributed by atoms with E-state index in [9.17, 15) is 4.79 Å². The molecule has 0 bridgehead atoms. The summed E-state index contributed by atoms with van der Waals surface area (Å²) in [5.41, 5.74) is 0.0895. The van der Waals surface area contributed by atoms with E-state index in [4.69, 9.17) is 14.0 Å². The highest BCUT2D eigenvalue weighted by Gasteiger charge is 2.51. The van der Waals surface area contributed by atoms with Gasteiger partial charge >= 0.3 is 13.1 Å². The topological polar surface area (TPSA) is 44.8 Å². The Labute approximate surface area is 120 Å². The molecule has 0 spiro atoms. The molecule has 0 aromatic heterocycles. The monoisotopic (exact) mass is 276 g/mol. The van der Waals surface area contributed by atoms with Gasteiger partial charge in [-0.15, -0.1) is 0 Å². The Kier molecular flexibility index (Phi) is 3.94. The fraction of sp³-hybridized carbons (Fsp3) is 0.533. The van der Waals surface area contributed by atoms with Gasteiger partial charge < -0.3 is 14.0 Å². The molecule has 0 saturated carbocycles. The van der Waals surface area contributed by atoms with Crippen LogP contribution in [0, 0.1) is 0 Å². The van der Waals surface area contributed by atoms with E-state index < -0.39 is 7.12 Å². The molecular formula is C15H21BO4. The first-order valence-corrected chi connectivity index (χ1v) is 6.91. The number of ether oxygens (including phenoxy) is 1. The summed E-state index contributed by atoms with van der Waals surface area (Å²) >= 11 is 0. The molecule has 20 heavy (non-hydrogen) atoms. The molecule has 4 nitrogen and oxygen atoms in total. The smallest absolute Gasteiger partial charge is 0.427 e. The zero-order valence-electron chi connectivity index (χ0n) is 12.7. The summed E-state index contributed by atoms with van der Waals surface area (Å²) in [7, 11) is -0.444. The minimum absolute atomic E-state index is 0.254. The molecule has 1 saturated heterocycles. The first kappa shape index (κ1) is 15.1. The van der Waals surface area contributed by atoms with Crippen LogP contribution in [0.25, 0.3) is 0 Å². The molecule has 5 heteroatoms. The first-order valence-electron chi connectivity index (χ1n) is 6.91. The van der Waals surface area contributed by atoms with E-state index in [1.54, 1.807) is 19.1 Å². The third kappa shape index (κ3) is 2.89. The van der Waals surface area contributed by atoms with E-state index in [1.165, 1.54) is 0 Å². The van der Waals surface area contributed by atoms with Crippen LogP contribution in [0.1, 0.15) is 41.0 Å². The van der Waals surface area contributed by atoms with Crippen LogP contribution in [0.15, 0.2) is 24.3 Å². The van der Waals surface area contributed by atoms with Gasteiger partial charge in [-0.1, -0.05) is 19.1 Å². The van der Waals surface area contributed by atoms with Crippen molar-refractivity contribution in [1.82, 2.24) is 0 Å². The van der Waals surface area contributed by atoms with Gasteiger partial charge in [0.1, 0.15) is 5.75 Å². The maximum Gasteiger partial charge on any atom is 0.494 e. The quantitative estimate of drug-likeness (QED) is 0.483. The standard InChI is InChI=1S/C15H21BO4/c1-6-13(17)18-12-9-7-8-11(10-12)16-19-14(2,3)15(4,5)20-16/h7-10H,6H2,1-5H3. The van der Waals surface area contributed by atoms with Gasteiger partial charge in [-0.25, -0.2) is 0 Å². The van der Waals surface area contributed by atoms with Crippen LogP contribution in [-0.2, 0) is 14.1 Å². The number of carbonyl (C=O) groups excluding carboxylic acids is 1. The molecule has 0 N–H and O–H groups in total. The largest absolute Gasteiger partial charge is 0.494 e. The summed E-state index contributed by atoms with van der Waals surface area (Å²) in [6, 6.07) is 7.28. The third-order valence-electron chi connectivity index (χ3n) is 3.90. The van der Waals surface area contributed by atoms with E-state index in [0.29, 0.717) is 12.2 Å². The molecule has 1 aromatic carbocycles. The first-order chi connectivity index (χ1) is 9.25. The summed E-state index contributed by atoms with van der Waals surface area (Å²) in [5, 5.41) is 0. The van der Waals surface area contributed by atoms with Crippen LogP contribution in [0.4, 0.5) is 0 Å². The van der Waals surface area contributed by atoms with Crippen molar-refractivity contribution in [3.63, 3.8) is 0 Å². The summed E-state index contributed by atoms with van der Waals surface area (Å²) in [6.45, 7) is 9.80. The van der Waals surface area contributed by atoms with Crippen LogP contribution in [0.2, 0.25) is 0 Å². The molecule has 1 aliphatic heterocycles. The average molecular weight is 276 g/mol.